The Labute approximate surface area is 89.9 Å². The topological polar surface area (TPSA) is 54.2 Å². The highest BCUT2D eigenvalue weighted by molar-refractivity contribution is 5.24. The maximum atomic E-state index is 5.59. The normalized spacial score (nSPS) is 17.0. The van der Waals surface area contributed by atoms with Crippen LogP contribution in [0.1, 0.15) is 25.2 Å². The summed E-state index contributed by atoms with van der Waals surface area (Å²) in [4.78, 5) is 2.18. The molecule has 0 radical (unpaired) electrons. The largest absolute Gasteiger partial charge is 0.408 e. The smallest absolute Gasteiger partial charge is 0.318 e. The Morgan fingerprint density at radius 3 is 2.80 bits per heavy atom. The molecule has 84 valence electrons. The third kappa shape index (κ3) is 2.68. The van der Waals surface area contributed by atoms with Gasteiger partial charge in [-0.15, -0.1) is 5.10 Å². The highest BCUT2D eigenvalue weighted by Crippen LogP contribution is 2.17. The Bertz CT molecular complexity index is 293. The van der Waals surface area contributed by atoms with Gasteiger partial charge in [0.05, 0.1) is 0 Å². The number of aromatic nitrogens is 2. The van der Waals surface area contributed by atoms with E-state index in [9.17, 15) is 0 Å². The van der Waals surface area contributed by atoms with Gasteiger partial charge in [-0.05, 0) is 26.3 Å². The van der Waals surface area contributed by atoms with E-state index in [1.54, 1.807) is 0 Å². The van der Waals surface area contributed by atoms with Crippen molar-refractivity contribution >= 4 is 6.01 Å². The summed E-state index contributed by atoms with van der Waals surface area (Å²) in [6.45, 7) is 2.98. The lowest BCUT2D eigenvalue weighted by Crippen LogP contribution is -2.29. The molecule has 0 amide bonds. The first-order valence-corrected chi connectivity index (χ1v) is 5.62. The van der Waals surface area contributed by atoms with Gasteiger partial charge in [0.2, 0.25) is 5.89 Å². The molecule has 0 atom stereocenters. The second-order valence-electron chi connectivity index (χ2n) is 3.88. The molecule has 5 heteroatoms. The first kappa shape index (κ1) is 10.4. The predicted molar refractivity (Wildman–Crippen MR) is 58.0 cm³/mol. The Morgan fingerprint density at radius 1 is 1.27 bits per heavy atom. The molecule has 0 spiro atoms. The van der Waals surface area contributed by atoms with Gasteiger partial charge in [0.1, 0.15) is 0 Å². The molecule has 5 nitrogen and oxygen atoms in total. The Kier molecular flexibility index (Phi) is 3.55. The Balaban J connectivity index is 1.93. The zero-order valence-electron chi connectivity index (χ0n) is 9.20. The summed E-state index contributed by atoms with van der Waals surface area (Å²) >= 11 is 0. The van der Waals surface area contributed by atoms with E-state index in [2.05, 4.69) is 20.4 Å². The molecule has 1 aromatic heterocycles. The number of hydrogen-bond acceptors (Lipinski definition) is 5. The van der Waals surface area contributed by atoms with Crippen LogP contribution in [-0.2, 0) is 6.42 Å². The van der Waals surface area contributed by atoms with Crippen molar-refractivity contribution in [1.29, 1.82) is 0 Å². The molecule has 1 aliphatic heterocycles. The molecule has 15 heavy (non-hydrogen) atoms. The molecule has 2 rings (SSSR count). The molecule has 1 aromatic rings. The minimum Gasteiger partial charge on any atom is -0.408 e. The molecule has 1 saturated heterocycles. The van der Waals surface area contributed by atoms with E-state index in [1.165, 1.54) is 19.3 Å². The van der Waals surface area contributed by atoms with E-state index in [0.29, 0.717) is 6.01 Å². The van der Waals surface area contributed by atoms with Gasteiger partial charge < -0.3 is 14.6 Å². The number of piperidine rings is 1. The van der Waals surface area contributed by atoms with Gasteiger partial charge in [-0.3, -0.25) is 0 Å². The third-order valence-corrected chi connectivity index (χ3v) is 2.67. The number of hydrogen-bond donors (Lipinski definition) is 1. The highest BCUT2D eigenvalue weighted by atomic mass is 16.4. The number of nitrogens with one attached hydrogen (secondary N) is 1. The molecule has 0 aliphatic carbocycles. The van der Waals surface area contributed by atoms with Gasteiger partial charge in [-0.25, -0.2) is 0 Å². The van der Waals surface area contributed by atoms with Gasteiger partial charge in [0.15, 0.2) is 0 Å². The second kappa shape index (κ2) is 5.11. The summed E-state index contributed by atoms with van der Waals surface area (Å²) in [6, 6.07) is 0.695. The fourth-order valence-corrected chi connectivity index (χ4v) is 1.79. The van der Waals surface area contributed by atoms with Gasteiger partial charge in [0, 0.05) is 26.1 Å². The van der Waals surface area contributed by atoms with Crippen molar-refractivity contribution in [3.63, 3.8) is 0 Å². The van der Waals surface area contributed by atoms with Crippen LogP contribution in [0.25, 0.3) is 0 Å². The monoisotopic (exact) mass is 210 g/mol. The quantitative estimate of drug-likeness (QED) is 0.797. The number of likely N-dealkylation sites (N-methyl/N-ethyl adjacent to an activating group) is 1. The van der Waals surface area contributed by atoms with Crippen LogP contribution in [-0.4, -0.2) is 36.9 Å². The van der Waals surface area contributed by atoms with Crippen molar-refractivity contribution in [3.05, 3.63) is 5.89 Å². The van der Waals surface area contributed by atoms with Gasteiger partial charge in [0.25, 0.3) is 0 Å². The van der Waals surface area contributed by atoms with Crippen LogP contribution < -0.4 is 10.2 Å². The van der Waals surface area contributed by atoms with Crippen molar-refractivity contribution in [2.24, 2.45) is 0 Å². The van der Waals surface area contributed by atoms with E-state index in [4.69, 9.17) is 4.42 Å². The molecule has 0 saturated carbocycles. The van der Waals surface area contributed by atoms with E-state index in [1.807, 2.05) is 7.05 Å². The van der Waals surface area contributed by atoms with Crippen molar-refractivity contribution in [2.45, 2.75) is 25.7 Å². The Hall–Kier alpha value is -1.10. The summed E-state index contributed by atoms with van der Waals surface area (Å²) in [5.41, 5.74) is 0. The van der Waals surface area contributed by atoms with Crippen LogP contribution in [0.5, 0.6) is 0 Å². The molecule has 1 fully saturated rings. The van der Waals surface area contributed by atoms with Crippen molar-refractivity contribution < 1.29 is 4.42 Å². The van der Waals surface area contributed by atoms with Crippen molar-refractivity contribution in [1.82, 2.24) is 15.5 Å². The zero-order valence-corrected chi connectivity index (χ0v) is 9.20. The summed E-state index contributed by atoms with van der Waals surface area (Å²) in [7, 11) is 1.92. The molecule has 2 heterocycles. The van der Waals surface area contributed by atoms with E-state index in [0.717, 1.165) is 31.9 Å². The second-order valence-corrected chi connectivity index (χ2v) is 3.88. The van der Waals surface area contributed by atoms with Crippen LogP contribution in [0.2, 0.25) is 0 Å². The Morgan fingerprint density at radius 2 is 2.07 bits per heavy atom. The molecule has 1 aliphatic rings. The maximum Gasteiger partial charge on any atom is 0.318 e. The van der Waals surface area contributed by atoms with Crippen LogP contribution in [0, 0.1) is 0 Å². The molecular weight excluding hydrogens is 192 g/mol. The minimum atomic E-state index is 0.695. The van der Waals surface area contributed by atoms with Crippen molar-refractivity contribution in [3.8, 4) is 0 Å². The average Bonchev–Trinajstić information content (AvgIpc) is 2.76. The third-order valence-electron chi connectivity index (χ3n) is 2.67. The van der Waals surface area contributed by atoms with E-state index >= 15 is 0 Å². The van der Waals surface area contributed by atoms with Crippen LogP contribution in [0.15, 0.2) is 4.42 Å². The van der Waals surface area contributed by atoms with Gasteiger partial charge >= 0.3 is 6.01 Å². The fraction of sp³-hybridized carbons (Fsp3) is 0.800. The lowest BCUT2D eigenvalue weighted by molar-refractivity contribution is 0.458. The standard InChI is InChI=1S/C10H18N4O/c1-11-6-5-9-12-13-10(15-9)14-7-3-2-4-8-14/h11H,2-8H2,1H3. The number of nitrogens with zero attached hydrogens (tertiary/aromatic N) is 3. The van der Waals surface area contributed by atoms with E-state index in [-0.39, 0.29) is 0 Å². The lowest BCUT2D eigenvalue weighted by Gasteiger charge is -2.24. The lowest BCUT2D eigenvalue weighted by atomic mass is 10.1. The molecule has 0 unspecified atom stereocenters. The number of anilines is 1. The van der Waals surface area contributed by atoms with Crippen molar-refractivity contribution in [2.75, 3.05) is 31.6 Å². The van der Waals surface area contributed by atoms with Crippen LogP contribution in [0.3, 0.4) is 0 Å². The average molecular weight is 210 g/mol. The van der Waals surface area contributed by atoms with Crippen LogP contribution >= 0.6 is 0 Å². The summed E-state index contributed by atoms with van der Waals surface area (Å²) < 4.78 is 5.59. The van der Waals surface area contributed by atoms with Gasteiger partial charge in [-0.1, -0.05) is 5.10 Å². The van der Waals surface area contributed by atoms with E-state index < -0.39 is 0 Å². The first-order chi connectivity index (χ1) is 7.40. The zero-order chi connectivity index (χ0) is 10.5. The van der Waals surface area contributed by atoms with Crippen LogP contribution in [0.4, 0.5) is 6.01 Å². The van der Waals surface area contributed by atoms with Gasteiger partial charge in [-0.2, -0.15) is 0 Å². The maximum absolute atomic E-state index is 5.59. The summed E-state index contributed by atoms with van der Waals surface area (Å²) in [5, 5.41) is 11.2. The molecule has 1 N–H and O–H groups in total. The SMILES string of the molecule is CNCCc1nnc(N2CCCCC2)o1. The summed E-state index contributed by atoms with van der Waals surface area (Å²) in [5.74, 6) is 0.727. The number of rotatable bonds is 4. The highest BCUT2D eigenvalue weighted by Gasteiger charge is 2.16. The fourth-order valence-electron chi connectivity index (χ4n) is 1.79. The molecule has 0 bridgehead atoms. The predicted octanol–water partition coefficient (Wildman–Crippen LogP) is 0.822. The first-order valence-electron chi connectivity index (χ1n) is 5.62. The summed E-state index contributed by atoms with van der Waals surface area (Å²) in [6.07, 6.45) is 4.58. The molecule has 0 aromatic carbocycles. The minimum absolute atomic E-state index is 0.695. The molecular formula is C10H18N4O.